The molecule has 1 aromatic carbocycles. The number of nitrogens with one attached hydrogen (secondary N) is 1. The number of halogens is 1. The fourth-order valence-electron chi connectivity index (χ4n) is 1.37. The summed E-state index contributed by atoms with van der Waals surface area (Å²) in [6.45, 7) is 1.85. The Hall–Kier alpha value is -1.55. The average Bonchev–Trinajstić information content (AvgIpc) is 2.30. The van der Waals surface area contributed by atoms with Gasteiger partial charge in [-0.25, -0.2) is 0 Å². The normalized spacial score (nSPS) is 9.88. The molecule has 0 aliphatic carbocycles. The molecule has 5 heteroatoms. The Morgan fingerprint density at radius 1 is 1.35 bits per heavy atom. The molecule has 0 fully saturated rings. The number of amides is 2. The Bertz CT molecular complexity index is 444. The lowest BCUT2D eigenvalue weighted by atomic mass is 10.1. The molecule has 0 aliphatic rings. The van der Waals surface area contributed by atoms with Crippen molar-refractivity contribution in [3.8, 4) is 0 Å². The minimum absolute atomic E-state index is 0.0931. The summed E-state index contributed by atoms with van der Waals surface area (Å²) >= 11 is 5.40. The number of hydrogen-bond acceptors (Lipinski definition) is 2. The van der Waals surface area contributed by atoms with Crippen LogP contribution in [0.2, 0.25) is 0 Å². The first-order chi connectivity index (χ1) is 7.95. The quantitative estimate of drug-likeness (QED) is 0.838. The molecule has 4 nitrogen and oxygen atoms in total. The number of carbonyl (C=O) groups is 2. The Kier molecular flexibility index (Phi) is 4.52. The van der Waals surface area contributed by atoms with E-state index in [-0.39, 0.29) is 17.7 Å². The molecule has 1 N–H and O–H groups in total. The molecule has 0 radical (unpaired) electrons. The van der Waals surface area contributed by atoms with Crippen molar-refractivity contribution in [1.29, 1.82) is 0 Å². The summed E-state index contributed by atoms with van der Waals surface area (Å²) in [6, 6.07) is 5.19. The van der Waals surface area contributed by atoms with Crippen LogP contribution in [-0.4, -0.2) is 36.7 Å². The fraction of sp³-hybridized carbons (Fsp3) is 0.333. The van der Waals surface area contributed by atoms with Gasteiger partial charge in [-0.1, -0.05) is 6.07 Å². The lowest BCUT2D eigenvalue weighted by Crippen LogP contribution is -2.23. The van der Waals surface area contributed by atoms with Gasteiger partial charge in [0.15, 0.2) is 0 Å². The van der Waals surface area contributed by atoms with Crippen LogP contribution in [0.25, 0.3) is 0 Å². The van der Waals surface area contributed by atoms with Gasteiger partial charge in [0.05, 0.1) is 0 Å². The lowest BCUT2D eigenvalue weighted by molar-refractivity contribution is -0.113. The zero-order valence-electron chi connectivity index (χ0n) is 10.1. The van der Waals surface area contributed by atoms with Crippen molar-refractivity contribution in [3.63, 3.8) is 0 Å². The van der Waals surface area contributed by atoms with Crippen LogP contribution in [0.3, 0.4) is 0 Å². The summed E-state index contributed by atoms with van der Waals surface area (Å²) in [5, 5.41) is 2.61. The second kappa shape index (κ2) is 5.68. The molecule has 0 aromatic heterocycles. The third-order valence-electron chi connectivity index (χ3n) is 2.28. The largest absolute Gasteiger partial charge is 0.345 e. The van der Waals surface area contributed by atoms with Crippen molar-refractivity contribution in [2.75, 3.05) is 25.3 Å². The van der Waals surface area contributed by atoms with E-state index < -0.39 is 0 Å². The molecule has 1 aromatic rings. The fourth-order valence-corrected chi connectivity index (χ4v) is 1.43. The van der Waals surface area contributed by atoms with Gasteiger partial charge in [0.1, 0.15) is 5.88 Å². The van der Waals surface area contributed by atoms with E-state index in [0.29, 0.717) is 11.3 Å². The Morgan fingerprint density at radius 3 is 2.53 bits per heavy atom. The molecule has 1 rings (SSSR count). The van der Waals surface area contributed by atoms with Gasteiger partial charge in [-0.05, 0) is 24.6 Å². The maximum absolute atomic E-state index is 11.9. The molecule has 0 heterocycles. The molecule has 0 bridgehead atoms. The van der Waals surface area contributed by atoms with Gasteiger partial charge < -0.3 is 10.2 Å². The van der Waals surface area contributed by atoms with Crippen LogP contribution < -0.4 is 5.32 Å². The molecule has 0 saturated heterocycles. The molecule has 92 valence electrons. The van der Waals surface area contributed by atoms with E-state index in [4.69, 9.17) is 11.6 Å². The smallest absolute Gasteiger partial charge is 0.253 e. The van der Waals surface area contributed by atoms with Crippen LogP contribution in [0.15, 0.2) is 18.2 Å². The number of alkyl halides is 1. The van der Waals surface area contributed by atoms with Crippen LogP contribution in [0.4, 0.5) is 5.69 Å². The molecule has 0 saturated carbocycles. The van der Waals surface area contributed by atoms with Crippen LogP contribution in [-0.2, 0) is 4.79 Å². The van der Waals surface area contributed by atoms with E-state index in [0.717, 1.165) is 5.56 Å². The summed E-state index contributed by atoms with van der Waals surface area (Å²) in [6.07, 6.45) is 0. The van der Waals surface area contributed by atoms with Gasteiger partial charge in [-0.15, -0.1) is 11.6 Å². The third kappa shape index (κ3) is 3.46. The molecule has 17 heavy (non-hydrogen) atoms. The standard InChI is InChI=1S/C12H15ClN2O2/c1-8-4-5-9(14-11(16)7-13)6-10(8)12(17)15(2)3/h4-6H,7H2,1-3H3,(H,14,16). The maximum atomic E-state index is 11.9. The Balaban J connectivity index is 3.02. The summed E-state index contributed by atoms with van der Waals surface area (Å²) in [5.74, 6) is -0.492. The minimum atomic E-state index is -0.293. The number of aryl methyl sites for hydroxylation is 1. The first-order valence-corrected chi connectivity index (χ1v) is 5.67. The number of benzene rings is 1. The molecule has 0 spiro atoms. The summed E-state index contributed by atoms with van der Waals surface area (Å²) in [7, 11) is 3.37. The number of anilines is 1. The average molecular weight is 255 g/mol. The van der Waals surface area contributed by atoms with Crippen molar-refractivity contribution in [2.24, 2.45) is 0 Å². The minimum Gasteiger partial charge on any atom is -0.345 e. The third-order valence-corrected chi connectivity index (χ3v) is 2.52. The number of hydrogen-bond donors (Lipinski definition) is 1. The highest BCUT2D eigenvalue weighted by Gasteiger charge is 2.12. The number of nitrogens with zero attached hydrogens (tertiary/aromatic N) is 1. The van der Waals surface area contributed by atoms with Gasteiger partial charge in [0.25, 0.3) is 5.91 Å². The second-order valence-electron chi connectivity index (χ2n) is 3.91. The zero-order chi connectivity index (χ0) is 13.0. The predicted molar refractivity (Wildman–Crippen MR) is 68.5 cm³/mol. The first-order valence-electron chi connectivity index (χ1n) is 5.14. The van der Waals surface area contributed by atoms with Crippen molar-refractivity contribution < 1.29 is 9.59 Å². The van der Waals surface area contributed by atoms with Crippen molar-refractivity contribution in [2.45, 2.75) is 6.92 Å². The first kappa shape index (κ1) is 13.5. The van der Waals surface area contributed by atoms with Crippen LogP contribution in [0.1, 0.15) is 15.9 Å². The summed E-state index contributed by atoms with van der Waals surface area (Å²) in [5.41, 5.74) is 2.02. The number of carbonyl (C=O) groups excluding carboxylic acids is 2. The lowest BCUT2D eigenvalue weighted by Gasteiger charge is -2.13. The molecule has 0 atom stereocenters. The topological polar surface area (TPSA) is 49.4 Å². The maximum Gasteiger partial charge on any atom is 0.253 e. The Morgan fingerprint density at radius 2 is 2.00 bits per heavy atom. The SMILES string of the molecule is Cc1ccc(NC(=O)CCl)cc1C(=O)N(C)C. The number of rotatable bonds is 3. The van der Waals surface area contributed by atoms with Gasteiger partial charge in [0.2, 0.25) is 5.91 Å². The van der Waals surface area contributed by atoms with Gasteiger partial charge in [0, 0.05) is 25.3 Å². The van der Waals surface area contributed by atoms with E-state index in [2.05, 4.69) is 5.32 Å². The molecule has 0 unspecified atom stereocenters. The highest BCUT2D eigenvalue weighted by molar-refractivity contribution is 6.29. The summed E-state index contributed by atoms with van der Waals surface area (Å²) < 4.78 is 0. The van der Waals surface area contributed by atoms with Gasteiger partial charge in [-0.2, -0.15) is 0 Å². The molecular formula is C12H15ClN2O2. The highest BCUT2D eigenvalue weighted by Crippen LogP contribution is 2.16. The van der Waals surface area contributed by atoms with Gasteiger partial charge in [-0.3, -0.25) is 9.59 Å². The van der Waals surface area contributed by atoms with E-state index >= 15 is 0 Å². The van der Waals surface area contributed by atoms with Crippen LogP contribution in [0, 0.1) is 6.92 Å². The molecular weight excluding hydrogens is 240 g/mol. The van der Waals surface area contributed by atoms with Crippen molar-refractivity contribution >= 4 is 29.1 Å². The van der Waals surface area contributed by atoms with Crippen LogP contribution >= 0.6 is 11.6 Å². The van der Waals surface area contributed by atoms with E-state index in [1.54, 1.807) is 32.3 Å². The van der Waals surface area contributed by atoms with E-state index in [1.165, 1.54) is 4.90 Å². The summed E-state index contributed by atoms with van der Waals surface area (Å²) in [4.78, 5) is 24.5. The van der Waals surface area contributed by atoms with Crippen molar-refractivity contribution in [3.05, 3.63) is 29.3 Å². The highest BCUT2D eigenvalue weighted by atomic mass is 35.5. The zero-order valence-corrected chi connectivity index (χ0v) is 10.8. The molecule has 0 aliphatic heterocycles. The Labute approximate surface area is 106 Å². The second-order valence-corrected chi connectivity index (χ2v) is 4.18. The predicted octanol–water partition coefficient (Wildman–Crippen LogP) is 1.87. The van der Waals surface area contributed by atoms with E-state index in [1.807, 2.05) is 6.92 Å². The van der Waals surface area contributed by atoms with Crippen LogP contribution in [0.5, 0.6) is 0 Å². The van der Waals surface area contributed by atoms with Gasteiger partial charge >= 0.3 is 0 Å². The molecule has 2 amide bonds. The monoisotopic (exact) mass is 254 g/mol. The van der Waals surface area contributed by atoms with E-state index in [9.17, 15) is 9.59 Å². The van der Waals surface area contributed by atoms with Crippen molar-refractivity contribution in [1.82, 2.24) is 4.90 Å².